The zero-order chi connectivity index (χ0) is 9.10. The Morgan fingerprint density at radius 2 is 1.69 bits per heavy atom. The van der Waals surface area contributed by atoms with Crippen molar-refractivity contribution in [1.29, 1.82) is 0 Å². The Labute approximate surface area is 76.5 Å². The second kappa shape index (κ2) is 3.31. The van der Waals surface area contributed by atoms with Gasteiger partial charge < -0.3 is 0 Å². The van der Waals surface area contributed by atoms with Gasteiger partial charge in [-0.2, -0.15) is 0 Å². The summed E-state index contributed by atoms with van der Waals surface area (Å²) in [5, 5.41) is 0. The third kappa shape index (κ3) is 1.54. The van der Waals surface area contributed by atoms with Crippen molar-refractivity contribution in [2.24, 2.45) is 0 Å². The molecule has 0 aliphatic rings. The molecule has 2 rings (SSSR count). The summed E-state index contributed by atoms with van der Waals surface area (Å²) in [5.41, 5.74) is 2.23. The highest BCUT2D eigenvalue weighted by Crippen LogP contribution is 2.17. The van der Waals surface area contributed by atoms with Gasteiger partial charge in [0.05, 0.1) is 0 Å². The number of aryl methyl sites for hydroxylation is 1. The molecular formula is C10H9N3. The molecular weight excluding hydrogens is 162 g/mol. The van der Waals surface area contributed by atoms with Crippen LogP contribution in [-0.4, -0.2) is 15.0 Å². The number of nitrogens with zero attached hydrogens (tertiary/aromatic N) is 3. The van der Waals surface area contributed by atoms with Crippen molar-refractivity contribution in [2.45, 2.75) is 6.92 Å². The minimum Gasteiger partial charge on any atom is -0.225 e. The summed E-state index contributed by atoms with van der Waals surface area (Å²) < 4.78 is 0. The lowest BCUT2D eigenvalue weighted by molar-refractivity contribution is 1.05. The molecule has 1 heterocycles. The summed E-state index contributed by atoms with van der Waals surface area (Å²) >= 11 is 0. The number of aromatic nitrogens is 3. The number of benzene rings is 1. The van der Waals surface area contributed by atoms with Crippen molar-refractivity contribution in [3.8, 4) is 11.4 Å². The Hall–Kier alpha value is -1.77. The Morgan fingerprint density at radius 3 is 2.38 bits per heavy atom. The molecule has 3 heteroatoms. The highest BCUT2D eigenvalue weighted by molar-refractivity contribution is 5.58. The molecule has 0 aliphatic heterocycles. The van der Waals surface area contributed by atoms with Gasteiger partial charge in [-0.1, -0.05) is 24.3 Å². The zero-order valence-corrected chi connectivity index (χ0v) is 7.31. The second-order valence-corrected chi connectivity index (χ2v) is 2.78. The first-order valence-corrected chi connectivity index (χ1v) is 4.06. The van der Waals surface area contributed by atoms with Gasteiger partial charge in [0, 0.05) is 5.56 Å². The standard InChI is InChI=1S/C10H9N3/c1-8-4-2-3-5-9(8)10-12-6-11-7-13-10/h2-7H,1H3. The largest absolute Gasteiger partial charge is 0.225 e. The van der Waals surface area contributed by atoms with Crippen LogP contribution in [0, 0.1) is 6.92 Å². The average molecular weight is 171 g/mol. The van der Waals surface area contributed by atoms with Crippen LogP contribution >= 0.6 is 0 Å². The van der Waals surface area contributed by atoms with E-state index in [0.29, 0.717) is 0 Å². The van der Waals surface area contributed by atoms with E-state index in [1.807, 2.05) is 31.2 Å². The van der Waals surface area contributed by atoms with Gasteiger partial charge in [-0.25, -0.2) is 15.0 Å². The zero-order valence-electron chi connectivity index (χ0n) is 7.31. The molecule has 0 fully saturated rings. The Kier molecular flexibility index (Phi) is 2.00. The summed E-state index contributed by atoms with van der Waals surface area (Å²) in [4.78, 5) is 12.0. The van der Waals surface area contributed by atoms with Crippen LogP contribution in [0.4, 0.5) is 0 Å². The van der Waals surface area contributed by atoms with E-state index in [2.05, 4.69) is 15.0 Å². The molecule has 0 amide bonds. The summed E-state index contributed by atoms with van der Waals surface area (Å²) in [6, 6.07) is 8.02. The fourth-order valence-corrected chi connectivity index (χ4v) is 1.20. The molecule has 1 aromatic carbocycles. The van der Waals surface area contributed by atoms with E-state index in [1.54, 1.807) is 0 Å². The first-order chi connectivity index (χ1) is 6.38. The lowest BCUT2D eigenvalue weighted by Gasteiger charge is -2.01. The van der Waals surface area contributed by atoms with E-state index in [-0.39, 0.29) is 0 Å². The van der Waals surface area contributed by atoms with Crippen LogP contribution in [0.15, 0.2) is 36.9 Å². The molecule has 0 N–H and O–H groups in total. The van der Waals surface area contributed by atoms with Gasteiger partial charge in [-0.05, 0) is 12.5 Å². The Bertz CT molecular complexity index is 398. The van der Waals surface area contributed by atoms with Gasteiger partial charge in [0.2, 0.25) is 0 Å². The summed E-state index contributed by atoms with van der Waals surface area (Å²) in [5.74, 6) is 0.730. The molecule has 0 spiro atoms. The van der Waals surface area contributed by atoms with Crippen molar-refractivity contribution in [3.63, 3.8) is 0 Å². The van der Waals surface area contributed by atoms with Gasteiger partial charge in [0.25, 0.3) is 0 Å². The van der Waals surface area contributed by atoms with Gasteiger partial charge in [-0.3, -0.25) is 0 Å². The number of hydrogen-bond donors (Lipinski definition) is 0. The molecule has 0 saturated carbocycles. The predicted molar refractivity (Wildman–Crippen MR) is 50.0 cm³/mol. The maximum atomic E-state index is 4.09. The van der Waals surface area contributed by atoms with Crippen LogP contribution < -0.4 is 0 Å². The predicted octanol–water partition coefficient (Wildman–Crippen LogP) is 1.85. The molecule has 0 atom stereocenters. The molecule has 0 saturated heterocycles. The number of rotatable bonds is 1. The smallest absolute Gasteiger partial charge is 0.162 e. The molecule has 0 unspecified atom stereocenters. The molecule has 64 valence electrons. The van der Waals surface area contributed by atoms with E-state index in [9.17, 15) is 0 Å². The first-order valence-electron chi connectivity index (χ1n) is 4.06. The van der Waals surface area contributed by atoms with Crippen molar-refractivity contribution in [1.82, 2.24) is 15.0 Å². The number of hydrogen-bond acceptors (Lipinski definition) is 3. The van der Waals surface area contributed by atoms with Gasteiger partial charge in [-0.15, -0.1) is 0 Å². The topological polar surface area (TPSA) is 38.7 Å². The summed E-state index contributed by atoms with van der Waals surface area (Å²) in [6.07, 6.45) is 3.02. The molecule has 3 nitrogen and oxygen atoms in total. The normalized spacial score (nSPS) is 9.92. The lowest BCUT2D eigenvalue weighted by Crippen LogP contribution is -1.90. The summed E-state index contributed by atoms with van der Waals surface area (Å²) in [7, 11) is 0. The van der Waals surface area contributed by atoms with Crippen LogP contribution in [-0.2, 0) is 0 Å². The molecule has 0 radical (unpaired) electrons. The highest BCUT2D eigenvalue weighted by Gasteiger charge is 2.01. The minimum absolute atomic E-state index is 0.730. The van der Waals surface area contributed by atoms with Crippen molar-refractivity contribution in [3.05, 3.63) is 42.5 Å². The fraction of sp³-hybridized carbons (Fsp3) is 0.100. The van der Waals surface area contributed by atoms with E-state index >= 15 is 0 Å². The minimum atomic E-state index is 0.730. The van der Waals surface area contributed by atoms with Crippen LogP contribution in [0.5, 0.6) is 0 Å². The van der Waals surface area contributed by atoms with Crippen molar-refractivity contribution < 1.29 is 0 Å². The van der Waals surface area contributed by atoms with Crippen LogP contribution in [0.25, 0.3) is 11.4 Å². The Morgan fingerprint density at radius 1 is 1.00 bits per heavy atom. The monoisotopic (exact) mass is 171 g/mol. The molecule has 0 aliphatic carbocycles. The molecule has 1 aromatic heterocycles. The second-order valence-electron chi connectivity index (χ2n) is 2.78. The quantitative estimate of drug-likeness (QED) is 0.657. The SMILES string of the molecule is Cc1ccccc1-c1ncncn1. The van der Waals surface area contributed by atoms with Crippen LogP contribution in [0.1, 0.15) is 5.56 Å². The maximum absolute atomic E-state index is 4.09. The first kappa shape index (κ1) is 7.86. The third-order valence-electron chi connectivity index (χ3n) is 1.88. The average Bonchev–Trinajstić information content (AvgIpc) is 2.20. The van der Waals surface area contributed by atoms with Crippen LogP contribution in [0.2, 0.25) is 0 Å². The summed E-state index contributed by atoms with van der Waals surface area (Å²) in [6.45, 7) is 2.04. The lowest BCUT2D eigenvalue weighted by atomic mass is 10.1. The van der Waals surface area contributed by atoms with E-state index < -0.39 is 0 Å². The highest BCUT2D eigenvalue weighted by atomic mass is 15.0. The maximum Gasteiger partial charge on any atom is 0.162 e. The molecule has 2 aromatic rings. The fourth-order valence-electron chi connectivity index (χ4n) is 1.20. The van der Waals surface area contributed by atoms with Crippen molar-refractivity contribution >= 4 is 0 Å². The van der Waals surface area contributed by atoms with Gasteiger partial charge in [0.15, 0.2) is 5.82 Å². The van der Waals surface area contributed by atoms with Crippen molar-refractivity contribution in [2.75, 3.05) is 0 Å². The Balaban J connectivity index is 2.54. The van der Waals surface area contributed by atoms with E-state index in [1.165, 1.54) is 18.2 Å². The third-order valence-corrected chi connectivity index (χ3v) is 1.88. The van der Waals surface area contributed by atoms with Crippen LogP contribution in [0.3, 0.4) is 0 Å². The van der Waals surface area contributed by atoms with E-state index in [0.717, 1.165) is 11.4 Å². The van der Waals surface area contributed by atoms with Gasteiger partial charge >= 0.3 is 0 Å². The van der Waals surface area contributed by atoms with E-state index in [4.69, 9.17) is 0 Å². The molecule has 13 heavy (non-hydrogen) atoms. The molecule has 0 bridgehead atoms. The van der Waals surface area contributed by atoms with Gasteiger partial charge in [0.1, 0.15) is 12.7 Å².